The van der Waals surface area contributed by atoms with Crippen LogP contribution in [0.4, 0.5) is 0 Å². The number of methoxy groups -OCH3 is 1. The van der Waals surface area contributed by atoms with E-state index in [1.807, 2.05) is 19.1 Å². The molecule has 0 N–H and O–H groups in total. The summed E-state index contributed by atoms with van der Waals surface area (Å²) in [7, 11) is 3.29. The van der Waals surface area contributed by atoms with E-state index in [4.69, 9.17) is 16.3 Å². The van der Waals surface area contributed by atoms with Crippen molar-refractivity contribution in [3.8, 4) is 0 Å². The van der Waals surface area contributed by atoms with Crippen molar-refractivity contribution < 1.29 is 9.53 Å². The lowest BCUT2D eigenvalue weighted by molar-refractivity contribution is -0.128. The van der Waals surface area contributed by atoms with Gasteiger partial charge in [-0.2, -0.15) is 0 Å². The van der Waals surface area contributed by atoms with Gasteiger partial charge in [0.05, 0.1) is 12.5 Å². The van der Waals surface area contributed by atoms with Crippen LogP contribution < -0.4 is 0 Å². The number of nitrogens with zero attached hydrogens (tertiary/aromatic N) is 1. The van der Waals surface area contributed by atoms with Gasteiger partial charge in [-0.1, -0.05) is 25.2 Å². The summed E-state index contributed by atoms with van der Waals surface area (Å²) in [5.74, 6) is 0.303. The molecule has 0 saturated carbocycles. The number of halogens is 1. The van der Waals surface area contributed by atoms with Gasteiger partial charge < -0.3 is 9.64 Å². The fourth-order valence-electron chi connectivity index (χ4n) is 1.73. The van der Waals surface area contributed by atoms with E-state index in [-0.39, 0.29) is 11.3 Å². The molecule has 18 heavy (non-hydrogen) atoms. The average molecular weight is 270 g/mol. The highest BCUT2D eigenvalue weighted by Crippen LogP contribution is 2.16. The number of amides is 1. The van der Waals surface area contributed by atoms with Crippen molar-refractivity contribution in [2.24, 2.45) is 0 Å². The van der Waals surface area contributed by atoms with Crippen LogP contribution in [-0.4, -0.2) is 36.9 Å². The molecule has 1 aliphatic carbocycles. The van der Waals surface area contributed by atoms with Crippen molar-refractivity contribution in [2.75, 3.05) is 20.7 Å². The number of hydrogen-bond acceptors (Lipinski definition) is 2. The van der Waals surface area contributed by atoms with E-state index < -0.39 is 0 Å². The Morgan fingerprint density at radius 2 is 2.39 bits per heavy atom. The standard InChI is InChI=1S/C14H20ClNO2/c1-4-5-13(18-3)14(17)16(2)10-11-6-8-12(15)9-7-11/h5-8,12H,4,9-10H2,1-3H3/b13-5+. The maximum Gasteiger partial charge on any atom is 0.288 e. The molecule has 1 aliphatic rings. The summed E-state index contributed by atoms with van der Waals surface area (Å²) in [5.41, 5.74) is 1.11. The van der Waals surface area contributed by atoms with Gasteiger partial charge in [-0.3, -0.25) is 4.79 Å². The van der Waals surface area contributed by atoms with E-state index >= 15 is 0 Å². The van der Waals surface area contributed by atoms with Gasteiger partial charge in [-0.05, 0) is 24.5 Å². The number of carbonyl (C=O) groups excluding carboxylic acids is 1. The van der Waals surface area contributed by atoms with E-state index in [1.54, 1.807) is 18.0 Å². The highest BCUT2D eigenvalue weighted by atomic mass is 35.5. The van der Waals surface area contributed by atoms with Crippen LogP contribution in [-0.2, 0) is 9.53 Å². The number of ether oxygens (including phenoxy) is 1. The molecular weight excluding hydrogens is 250 g/mol. The molecule has 0 saturated heterocycles. The van der Waals surface area contributed by atoms with Crippen LogP contribution in [0.3, 0.4) is 0 Å². The first kappa shape index (κ1) is 14.8. The third-order valence-corrected chi connectivity index (χ3v) is 3.03. The SMILES string of the molecule is CC/C=C(/OC)C(=O)N(C)CC1=CCC(Cl)C=C1. The lowest BCUT2D eigenvalue weighted by Gasteiger charge is -2.20. The van der Waals surface area contributed by atoms with Gasteiger partial charge in [0.25, 0.3) is 5.91 Å². The van der Waals surface area contributed by atoms with E-state index in [2.05, 4.69) is 6.08 Å². The largest absolute Gasteiger partial charge is 0.491 e. The Labute approximate surface area is 114 Å². The van der Waals surface area contributed by atoms with Crippen molar-refractivity contribution in [1.82, 2.24) is 4.90 Å². The molecule has 0 aliphatic heterocycles. The van der Waals surface area contributed by atoms with Gasteiger partial charge in [-0.15, -0.1) is 11.6 Å². The minimum atomic E-state index is -0.0957. The molecule has 1 unspecified atom stereocenters. The van der Waals surface area contributed by atoms with Crippen molar-refractivity contribution in [3.63, 3.8) is 0 Å². The Hall–Kier alpha value is -1.22. The molecule has 0 spiro atoms. The topological polar surface area (TPSA) is 29.5 Å². The predicted molar refractivity (Wildman–Crippen MR) is 74.5 cm³/mol. The number of rotatable bonds is 5. The zero-order valence-corrected chi connectivity index (χ0v) is 11.9. The summed E-state index contributed by atoms with van der Waals surface area (Å²) < 4.78 is 5.09. The normalized spacial score (nSPS) is 19.4. The van der Waals surface area contributed by atoms with Gasteiger partial charge in [-0.25, -0.2) is 0 Å². The Morgan fingerprint density at radius 3 is 2.89 bits per heavy atom. The van der Waals surface area contributed by atoms with Gasteiger partial charge in [0.2, 0.25) is 0 Å². The second kappa shape index (κ2) is 7.27. The van der Waals surface area contributed by atoms with Gasteiger partial charge in [0.1, 0.15) is 0 Å². The first-order valence-corrected chi connectivity index (χ1v) is 6.53. The van der Waals surface area contributed by atoms with E-state index in [9.17, 15) is 4.79 Å². The first-order valence-electron chi connectivity index (χ1n) is 6.09. The molecule has 1 amide bonds. The van der Waals surface area contributed by atoms with Crippen LogP contribution in [0.5, 0.6) is 0 Å². The predicted octanol–water partition coefficient (Wildman–Crippen LogP) is 2.88. The molecule has 1 atom stereocenters. The Bertz CT molecular complexity index is 385. The number of hydrogen-bond donors (Lipinski definition) is 0. The average Bonchev–Trinajstić information content (AvgIpc) is 2.37. The van der Waals surface area contributed by atoms with Crippen LogP contribution >= 0.6 is 11.6 Å². The minimum Gasteiger partial charge on any atom is -0.491 e. The summed E-state index contributed by atoms with van der Waals surface area (Å²) in [6.45, 7) is 2.54. The monoisotopic (exact) mass is 269 g/mol. The molecule has 0 aromatic rings. The third kappa shape index (κ3) is 4.22. The van der Waals surface area contributed by atoms with Gasteiger partial charge in [0.15, 0.2) is 5.76 Å². The Kier molecular flexibility index (Phi) is 5.99. The van der Waals surface area contributed by atoms with Crippen LogP contribution in [0.1, 0.15) is 19.8 Å². The number of likely N-dealkylation sites (N-methyl/N-ethyl adjacent to an activating group) is 1. The molecule has 0 fully saturated rings. The summed E-state index contributed by atoms with van der Waals surface area (Å²) in [6, 6.07) is 0. The van der Waals surface area contributed by atoms with Crippen LogP contribution in [0.25, 0.3) is 0 Å². The second-order valence-electron chi connectivity index (χ2n) is 4.23. The maximum absolute atomic E-state index is 12.1. The van der Waals surface area contributed by atoms with E-state index in [0.717, 1.165) is 18.4 Å². The molecule has 0 radical (unpaired) electrons. The van der Waals surface area contributed by atoms with Crippen LogP contribution in [0.15, 0.2) is 35.6 Å². The van der Waals surface area contributed by atoms with Gasteiger partial charge >= 0.3 is 0 Å². The molecule has 0 heterocycles. The fraction of sp³-hybridized carbons (Fsp3) is 0.500. The van der Waals surface area contributed by atoms with Crippen molar-refractivity contribution in [2.45, 2.75) is 25.1 Å². The first-order chi connectivity index (χ1) is 8.58. The highest BCUT2D eigenvalue weighted by molar-refractivity contribution is 6.22. The minimum absolute atomic E-state index is 0.0734. The molecule has 0 aromatic carbocycles. The number of alkyl halides is 1. The lowest BCUT2D eigenvalue weighted by atomic mass is 10.1. The zero-order valence-electron chi connectivity index (χ0n) is 11.1. The molecule has 1 rings (SSSR count). The smallest absolute Gasteiger partial charge is 0.288 e. The quantitative estimate of drug-likeness (QED) is 0.436. The number of allylic oxidation sites excluding steroid dienone is 3. The van der Waals surface area contributed by atoms with Crippen molar-refractivity contribution >= 4 is 17.5 Å². The Balaban J connectivity index is 2.60. The molecule has 100 valence electrons. The van der Waals surface area contributed by atoms with E-state index in [1.165, 1.54) is 7.11 Å². The molecule has 4 heteroatoms. The van der Waals surface area contributed by atoms with Crippen LogP contribution in [0.2, 0.25) is 0 Å². The molecule has 0 bridgehead atoms. The van der Waals surface area contributed by atoms with E-state index in [0.29, 0.717) is 12.3 Å². The molecular formula is C14H20ClNO2. The van der Waals surface area contributed by atoms with Crippen molar-refractivity contribution in [3.05, 3.63) is 35.6 Å². The molecule has 0 aromatic heterocycles. The maximum atomic E-state index is 12.1. The number of carbonyl (C=O) groups is 1. The third-order valence-electron chi connectivity index (χ3n) is 2.71. The molecule has 3 nitrogen and oxygen atoms in total. The second-order valence-corrected chi connectivity index (χ2v) is 4.79. The fourth-order valence-corrected chi connectivity index (χ4v) is 1.89. The Morgan fingerprint density at radius 1 is 1.67 bits per heavy atom. The van der Waals surface area contributed by atoms with Crippen molar-refractivity contribution in [1.29, 1.82) is 0 Å². The lowest BCUT2D eigenvalue weighted by Crippen LogP contribution is -2.30. The zero-order chi connectivity index (χ0) is 13.5. The summed E-state index contributed by atoms with van der Waals surface area (Å²) in [6.07, 6.45) is 9.38. The van der Waals surface area contributed by atoms with Crippen LogP contribution in [0, 0.1) is 0 Å². The van der Waals surface area contributed by atoms with Gasteiger partial charge in [0, 0.05) is 13.6 Å². The summed E-state index contributed by atoms with van der Waals surface area (Å²) >= 11 is 5.95. The summed E-state index contributed by atoms with van der Waals surface area (Å²) in [4.78, 5) is 13.7. The summed E-state index contributed by atoms with van der Waals surface area (Å²) in [5, 5.41) is 0.0734. The highest BCUT2D eigenvalue weighted by Gasteiger charge is 2.16.